The Morgan fingerprint density at radius 3 is 2.39 bits per heavy atom. The Labute approximate surface area is 200 Å². The molecule has 1 fully saturated rings. The van der Waals surface area contributed by atoms with Crippen molar-refractivity contribution in [3.63, 3.8) is 0 Å². The summed E-state index contributed by atoms with van der Waals surface area (Å²) in [5, 5.41) is 0.944. The van der Waals surface area contributed by atoms with Gasteiger partial charge in [0.15, 0.2) is 0 Å². The molecule has 0 saturated carbocycles. The van der Waals surface area contributed by atoms with Gasteiger partial charge in [0.1, 0.15) is 0 Å². The molecule has 0 bridgehead atoms. The molecule has 0 radical (unpaired) electrons. The van der Waals surface area contributed by atoms with E-state index in [1.54, 1.807) is 25.3 Å². The van der Waals surface area contributed by atoms with Gasteiger partial charge in [-0.3, -0.25) is 4.79 Å². The van der Waals surface area contributed by atoms with Crippen LogP contribution in [0.15, 0.2) is 54.6 Å². The van der Waals surface area contributed by atoms with E-state index in [9.17, 15) is 13.2 Å². The second-order valence-corrected chi connectivity index (χ2v) is 12.3. The van der Waals surface area contributed by atoms with Gasteiger partial charge in [-0.2, -0.15) is 0 Å². The molecule has 1 saturated heterocycles. The van der Waals surface area contributed by atoms with Crippen molar-refractivity contribution in [3.05, 3.63) is 65.2 Å². The molecule has 4 rings (SSSR count). The average Bonchev–Trinajstić information content (AvgIpc) is 3.25. The number of benzene rings is 2. The highest BCUT2D eigenvalue weighted by molar-refractivity contribution is 7.89. The minimum atomic E-state index is -3.24. The SMILES string of the molecule is CCS(=O)(=O)N(C)C1CCN(C(=O)C(C)(Cc2nc3ccccc3s2)c2ccccc2)CC1. The fourth-order valence-electron chi connectivity index (χ4n) is 4.62. The van der Waals surface area contributed by atoms with E-state index in [1.807, 2.05) is 60.4 Å². The van der Waals surface area contributed by atoms with Crippen LogP contribution in [0.2, 0.25) is 0 Å². The molecular weight excluding hydrogens is 454 g/mol. The molecule has 1 aliphatic rings. The predicted octanol–water partition coefficient (Wildman–Crippen LogP) is 4.07. The lowest BCUT2D eigenvalue weighted by molar-refractivity contribution is -0.138. The third-order valence-corrected chi connectivity index (χ3v) is 9.74. The Hall–Kier alpha value is -2.29. The Balaban J connectivity index is 1.57. The highest BCUT2D eigenvalue weighted by Gasteiger charge is 2.41. The lowest BCUT2D eigenvalue weighted by Crippen LogP contribution is -2.52. The summed E-state index contributed by atoms with van der Waals surface area (Å²) in [5.41, 5.74) is 1.19. The Kier molecular flexibility index (Phi) is 6.88. The van der Waals surface area contributed by atoms with Crippen molar-refractivity contribution in [2.45, 2.75) is 44.6 Å². The summed E-state index contributed by atoms with van der Waals surface area (Å²) in [5.74, 6) is 0.170. The van der Waals surface area contributed by atoms with E-state index in [-0.39, 0.29) is 17.7 Å². The van der Waals surface area contributed by atoms with Crippen LogP contribution in [0.25, 0.3) is 10.2 Å². The number of piperidine rings is 1. The van der Waals surface area contributed by atoms with Crippen LogP contribution < -0.4 is 0 Å². The number of hydrogen-bond donors (Lipinski definition) is 0. The maximum absolute atomic E-state index is 13.9. The highest BCUT2D eigenvalue weighted by Crippen LogP contribution is 2.34. The van der Waals surface area contributed by atoms with Crippen molar-refractivity contribution >= 4 is 37.5 Å². The van der Waals surface area contributed by atoms with Crippen LogP contribution in [-0.2, 0) is 26.7 Å². The first-order valence-corrected chi connectivity index (χ1v) is 13.8. The minimum absolute atomic E-state index is 0.0637. The topological polar surface area (TPSA) is 70.6 Å². The molecule has 1 atom stereocenters. The van der Waals surface area contributed by atoms with Crippen molar-refractivity contribution in [1.82, 2.24) is 14.2 Å². The number of likely N-dealkylation sites (tertiary alicyclic amines) is 1. The third kappa shape index (κ3) is 4.83. The second-order valence-electron chi connectivity index (χ2n) is 8.89. The summed E-state index contributed by atoms with van der Waals surface area (Å²) in [6.45, 7) is 4.78. The molecule has 0 N–H and O–H groups in total. The number of nitrogens with zero attached hydrogens (tertiary/aromatic N) is 3. The number of amides is 1. The van der Waals surface area contributed by atoms with Crippen molar-refractivity contribution < 1.29 is 13.2 Å². The van der Waals surface area contributed by atoms with Crippen LogP contribution in [0.1, 0.15) is 37.3 Å². The van der Waals surface area contributed by atoms with Crippen LogP contribution in [0.5, 0.6) is 0 Å². The molecule has 176 valence electrons. The zero-order valence-electron chi connectivity index (χ0n) is 19.4. The van der Waals surface area contributed by atoms with E-state index >= 15 is 0 Å². The molecule has 1 aromatic heterocycles. The van der Waals surface area contributed by atoms with Gasteiger partial charge >= 0.3 is 0 Å². The van der Waals surface area contributed by atoms with E-state index < -0.39 is 15.4 Å². The highest BCUT2D eigenvalue weighted by atomic mass is 32.2. The van der Waals surface area contributed by atoms with Crippen molar-refractivity contribution in [2.24, 2.45) is 0 Å². The Morgan fingerprint density at radius 1 is 1.12 bits per heavy atom. The van der Waals surface area contributed by atoms with Crippen molar-refractivity contribution in [3.8, 4) is 0 Å². The number of thiazole rings is 1. The summed E-state index contributed by atoms with van der Waals surface area (Å²) < 4.78 is 27.2. The summed E-state index contributed by atoms with van der Waals surface area (Å²) in [4.78, 5) is 20.6. The second kappa shape index (κ2) is 9.52. The van der Waals surface area contributed by atoms with Crippen LogP contribution in [0.4, 0.5) is 0 Å². The van der Waals surface area contributed by atoms with Crippen LogP contribution in [0, 0.1) is 0 Å². The number of hydrogen-bond acceptors (Lipinski definition) is 5. The van der Waals surface area contributed by atoms with Crippen molar-refractivity contribution in [1.29, 1.82) is 0 Å². The van der Waals surface area contributed by atoms with Crippen LogP contribution in [0.3, 0.4) is 0 Å². The lowest BCUT2D eigenvalue weighted by atomic mass is 9.78. The van der Waals surface area contributed by atoms with E-state index in [0.29, 0.717) is 32.4 Å². The zero-order chi connectivity index (χ0) is 23.6. The number of aromatic nitrogens is 1. The number of para-hydroxylation sites is 1. The molecule has 0 spiro atoms. The molecular formula is C25H31N3O3S2. The number of rotatable bonds is 7. The molecule has 2 aromatic carbocycles. The van der Waals surface area contributed by atoms with Crippen molar-refractivity contribution in [2.75, 3.05) is 25.9 Å². The molecule has 1 amide bonds. The largest absolute Gasteiger partial charge is 0.342 e. The van der Waals surface area contributed by atoms with Gasteiger partial charge in [-0.1, -0.05) is 42.5 Å². The molecule has 8 heteroatoms. The quantitative estimate of drug-likeness (QED) is 0.506. The monoisotopic (exact) mass is 485 g/mol. The van der Waals surface area contributed by atoms with E-state index in [1.165, 1.54) is 4.31 Å². The van der Waals surface area contributed by atoms with Crippen LogP contribution in [-0.4, -0.2) is 60.4 Å². The minimum Gasteiger partial charge on any atom is -0.342 e. The van der Waals surface area contributed by atoms with Gasteiger partial charge in [0, 0.05) is 32.6 Å². The molecule has 1 unspecified atom stereocenters. The normalized spacial score (nSPS) is 17.4. The maximum atomic E-state index is 13.9. The number of sulfonamides is 1. The third-order valence-electron chi connectivity index (χ3n) is 6.80. The molecule has 1 aliphatic heterocycles. The Morgan fingerprint density at radius 2 is 1.76 bits per heavy atom. The summed E-state index contributed by atoms with van der Waals surface area (Å²) in [6.07, 6.45) is 1.82. The summed E-state index contributed by atoms with van der Waals surface area (Å²) >= 11 is 1.64. The van der Waals surface area contributed by atoms with E-state index in [4.69, 9.17) is 4.98 Å². The molecule has 33 heavy (non-hydrogen) atoms. The summed E-state index contributed by atoms with van der Waals surface area (Å²) in [7, 11) is -1.58. The van der Waals surface area contributed by atoms with E-state index in [2.05, 4.69) is 6.07 Å². The number of fused-ring (bicyclic) bond motifs is 1. The van der Waals surface area contributed by atoms with Crippen LogP contribution >= 0.6 is 11.3 Å². The fourth-order valence-corrected chi connectivity index (χ4v) is 6.81. The Bertz CT molecular complexity index is 1180. The smallest absolute Gasteiger partial charge is 0.233 e. The van der Waals surface area contributed by atoms with Gasteiger partial charge in [-0.15, -0.1) is 11.3 Å². The molecule has 3 aromatic rings. The predicted molar refractivity (Wildman–Crippen MR) is 134 cm³/mol. The molecule has 0 aliphatic carbocycles. The number of carbonyl (C=O) groups is 1. The fraction of sp³-hybridized carbons (Fsp3) is 0.440. The number of carbonyl (C=O) groups excluding carboxylic acids is 1. The standard InChI is InChI=1S/C25H31N3O3S2/c1-4-33(30,31)27(3)20-14-16-28(17-15-20)24(29)25(2,19-10-6-5-7-11-19)18-23-26-21-12-8-9-13-22(21)32-23/h5-13,20H,4,14-18H2,1-3H3. The van der Waals surface area contributed by atoms with Gasteiger partial charge < -0.3 is 4.90 Å². The molecule has 2 heterocycles. The lowest BCUT2D eigenvalue weighted by Gasteiger charge is -2.40. The van der Waals surface area contributed by atoms with Gasteiger partial charge in [-0.25, -0.2) is 17.7 Å². The van der Waals surface area contributed by atoms with Gasteiger partial charge in [-0.05, 0) is 44.4 Å². The van der Waals surface area contributed by atoms with Gasteiger partial charge in [0.2, 0.25) is 15.9 Å². The summed E-state index contributed by atoms with van der Waals surface area (Å²) in [6, 6.07) is 17.9. The van der Waals surface area contributed by atoms with E-state index in [0.717, 1.165) is 20.8 Å². The average molecular weight is 486 g/mol. The van der Waals surface area contributed by atoms with Gasteiger partial charge in [0.05, 0.1) is 26.4 Å². The molecule has 6 nitrogen and oxygen atoms in total. The first-order chi connectivity index (χ1) is 15.7. The zero-order valence-corrected chi connectivity index (χ0v) is 21.0. The van der Waals surface area contributed by atoms with Gasteiger partial charge in [0.25, 0.3) is 0 Å². The first-order valence-electron chi connectivity index (χ1n) is 11.4. The first kappa shape index (κ1) is 23.9. The maximum Gasteiger partial charge on any atom is 0.233 e.